The minimum Gasteiger partial charge on any atom is -0.497 e. The lowest BCUT2D eigenvalue weighted by Gasteiger charge is -2.04. The molecule has 0 saturated carbocycles. The number of Topliss-reactive ketones (excluding diaryl/α,β-unsaturated/α-hetero) is 1. The zero-order valence-corrected chi connectivity index (χ0v) is 12.4. The second kappa shape index (κ2) is 7.50. The predicted octanol–water partition coefficient (Wildman–Crippen LogP) is 2.60. The molecule has 0 aliphatic heterocycles. The summed E-state index contributed by atoms with van der Waals surface area (Å²) in [5.74, 6) is 0.913. The summed E-state index contributed by atoms with van der Waals surface area (Å²) in [6, 6.07) is 7.83. The summed E-state index contributed by atoms with van der Waals surface area (Å²) in [5.41, 5.74) is 2.55. The van der Waals surface area contributed by atoms with Crippen LogP contribution >= 0.6 is 11.8 Å². The molecule has 108 valence electrons. The smallest absolute Gasteiger partial charge is 0.177 e. The summed E-state index contributed by atoms with van der Waals surface area (Å²) in [5, 5.41) is 17.2. The van der Waals surface area contributed by atoms with Crippen molar-refractivity contribution in [2.45, 2.75) is 12.8 Å². The largest absolute Gasteiger partial charge is 0.497 e. The number of nitriles is 1. The normalized spacial score (nSPS) is 10.1. The van der Waals surface area contributed by atoms with Crippen molar-refractivity contribution in [1.82, 2.24) is 10.2 Å². The Morgan fingerprint density at radius 2 is 2.14 bits per heavy atom. The molecule has 0 fully saturated rings. The molecule has 0 aliphatic rings. The third kappa shape index (κ3) is 4.10. The van der Waals surface area contributed by atoms with Crippen LogP contribution in [-0.2, 0) is 12.8 Å². The van der Waals surface area contributed by atoms with Crippen molar-refractivity contribution in [3.05, 3.63) is 47.3 Å². The van der Waals surface area contributed by atoms with Gasteiger partial charge in [-0.3, -0.25) is 9.89 Å². The SMILES string of the molecule is COc1ccc(CCc2[nH]ncc2C(=O)CSC#N)cc1. The van der Waals surface area contributed by atoms with E-state index in [1.165, 1.54) is 6.20 Å². The van der Waals surface area contributed by atoms with Crippen molar-refractivity contribution >= 4 is 17.5 Å². The van der Waals surface area contributed by atoms with Crippen molar-refractivity contribution in [3.63, 3.8) is 0 Å². The van der Waals surface area contributed by atoms with E-state index >= 15 is 0 Å². The van der Waals surface area contributed by atoms with E-state index in [-0.39, 0.29) is 11.5 Å². The van der Waals surface area contributed by atoms with Crippen LogP contribution in [0.4, 0.5) is 0 Å². The Bertz CT molecular complexity index is 644. The van der Waals surface area contributed by atoms with Crippen LogP contribution in [0, 0.1) is 10.7 Å². The fraction of sp³-hybridized carbons (Fsp3) is 0.267. The van der Waals surface area contributed by atoms with Gasteiger partial charge in [-0.15, -0.1) is 0 Å². The van der Waals surface area contributed by atoms with Crippen LogP contribution in [0.5, 0.6) is 5.75 Å². The highest BCUT2D eigenvalue weighted by Crippen LogP contribution is 2.15. The van der Waals surface area contributed by atoms with Crippen molar-refractivity contribution in [1.29, 1.82) is 5.26 Å². The average molecular weight is 301 g/mol. The fourth-order valence-corrected chi connectivity index (χ4v) is 2.33. The molecule has 1 aromatic heterocycles. The van der Waals surface area contributed by atoms with Crippen LogP contribution in [0.15, 0.2) is 30.5 Å². The number of thiocyanates is 1. The third-order valence-electron chi connectivity index (χ3n) is 3.11. The average Bonchev–Trinajstić information content (AvgIpc) is 2.99. The van der Waals surface area contributed by atoms with Gasteiger partial charge in [0.25, 0.3) is 0 Å². The maximum atomic E-state index is 11.9. The van der Waals surface area contributed by atoms with Gasteiger partial charge >= 0.3 is 0 Å². The number of carbonyl (C=O) groups is 1. The molecule has 1 heterocycles. The molecular formula is C15H15N3O2S. The number of aromatic nitrogens is 2. The van der Waals surface area contributed by atoms with Crippen LogP contribution in [0.2, 0.25) is 0 Å². The van der Waals surface area contributed by atoms with Crippen LogP contribution in [0.1, 0.15) is 21.6 Å². The molecular weight excluding hydrogens is 286 g/mol. The monoisotopic (exact) mass is 301 g/mol. The second-order valence-electron chi connectivity index (χ2n) is 4.41. The molecule has 0 saturated heterocycles. The van der Waals surface area contributed by atoms with E-state index in [9.17, 15) is 4.79 Å². The number of nitrogens with one attached hydrogen (secondary N) is 1. The van der Waals surface area contributed by atoms with Gasteiger partial charge in [-0.1, -0.05) is 12.1 Å². The number of hydrogen-bond acceptors (Lipinski definition) is 5. The van der Waals surface area contributed by atoms with Gasteiger partial charge in [0, 0.05) is 5.69 Å². The van der Waals surface area contributed by atoms with Crippen LogP contribution in [-0.4, -0.2) is 28.8 Å². The minimum absolute atomic E-state index is 0.0694. The van der Waals surface area contributed by atoms with Crippen molar-refractivity contribution in [2.24, 2.45) is 0 Å². The summed E-state index contributed by atoms with van der Waals surface area (Å²) >= 11 is 0.942. The molecule has 0 aliphatic carbocycles. The summed E-state index contributed by atoms with van der Waals surface area (Å²) in [7, 11) is 1.64. The molecule has 2 aromatic rings. The molecule has 0 spiro atoms. The number of methoxy groups -OCH3 is 1. The van der Waals surface area contributed by atoms with Crippen molar-refractivity contribution in [3.8, 4) is 11.2 Å². The fourth-order valence-electron chi connectivity index (χ4n) is 1.98. The van der Waals surface area contributed by atoms with Gasteiger partial charge in [-0.25, -0.2) is 0 Å². The summed E-state index contributed by atoms with van der Waals surface area (Å²) in [6.07, 6.45) is 3.03. The number of rotatable bonds is 7. The number of aromatic amines is 1. The van der Waals surface area contributed by atoms with Crippen molar-refractivity contribution in [2.75, 3.05) is 12.9 Å². The lowest BCUT2D eigenvalue weighted by atomic mass is 10.0. The molecule has 0 radical (unpaired) electrons. The first-order chi connectivity index (χ1) is 10.2. The van der Waals surface area contributed by atoms with Crippen LogP contribution < -0.4 is 4.74 Å². The standard InChI is InChI=1S/C15H15N3O2S/c1-20-12-5-2-11(3-6-12)4-7-14-13(8-17-18-14)15(19)9-21-10-16/h2-3,5-6,8H,4,7,9H2,1H3,(H,17,18). The first-order valence-corrected chi connectivity index (χ1v) is 7.42. The summed E-state index contributed by atoms with van der Waals surface area (Å²) in [6.45, 7) is 0. The molecule has 0 amide bonds. The predicted molar refractivity (Wildman–Crippen MR) is 81.4 cm³/mol. The highest BCUT2D eigenvalue weighted by Gasteiger charge is 2.13. The molecule has 0 atom stereocenters. The molecule has 0 bridgehead atoms. The number of carbonyl (C=O) groups excluding carboxylic acids is 1. The Labute approximate surface area is 127 Å². The van der Waals surface area contributed by atoms with Gasteiger partial charge < -0.3 is 4.74 Å². The van der Waals surface area contributed by atoms with Crippen LogP contribution in [0.3, 0.4) is 0 Å². The molecule has 5 nitrogen and oxygen atoms in total. The topological polar surface area (TPSA) is 78.8 Å². The van der Waals surface area contributed by atoms with E-state index in [0.717, 1.165) is 35.2 Å². The van der Waals surface area contributed by atoms with Gasteiger partial charge in [0.15, 0.2) is 5.78 Å². The Kier molecular flexibility index (Phi) is 5.41. The number of nitrogens with zero attached hydrogens (tertiary/aromatic N) is 2. The van der Waals surface area contributed by atoms with Gasteiger partial charge in [-0.05, 0) is 42.3 Å². The van der Waals surface area contributed by atoms with E-state index in [0.29, 0.717) is 12.0 Å². The van der Waals surface area contributed by atoms with E-state index in [4.69, 9.17) is 10.00 Å². The zero-order chi connectivity index (χ0) is 15.1. The molecule has 0 unspecified atom stereocenters. The summed E-state index contributed by atoms with van der Waals surface area (Å²) in [4.78, 5) is 11.9. The molecule has 6 heteroatoms. The van der Waals surface area contributed by atoms with Gasteiger partial charge in [0.2, 0.25) is 0 Å². The molecule has 1 aromatic carbocycles. The molecule has 2 rings (SSSR count). The number of ketones is 1. The number of thioether (sulfide) groups is 1. The Hall–Kier alpha value is -2.26. The maximum Gasteiger partial charge on any atom is 0.177 e. The lowest BCUT2D eigenvalue weighted by Crippen LogP contribution is -2.05. The number of ether oxygens (including phenoxy) is 1. The van der Waals surface area contributed by atoms with E-state index < -0.39 is 0 Å². The number of hydrogen-bond donors (Lipinski definition) is 1. The van der Waals surface area contributed by atoms with E-state index in [1.807, 2.05) is 29.7 Å². The first-order valence-electron chi connectivity index (χ1n) is 6.44. The maximum absolute atomic E-state index is 11.9. The highest BCUT2D eigenvalue weighted by molar-refractivity contribution is 8.04. The summed E-state index contributed by atoms with van der Waals surface area (Å²) < 4.78 is 5.12. The van der Waals surface area contributed by atoms with Gasteiger partial charge in [0.1, 0.15) is 11.2 Å². The quantitative estimate of drug-likeness (QED) is 0.628. The van der Waals surface area contributed by atoms with Crippen molar-refractivity contribution < 1.29 is 9.53 Å². The van der Waals surface area contributed by atoms with E-state index in [1.54, 1.807) is 7.11 Å². The second-order valence-corrected chi connectivity index (χ2v) is 5.17. The zero-order valence-electron chi connectivity index (χ0n) is 11.6. The first kappa shape index (κ1) is 15.1. The Morgan fingerprint density at radius 3 is 2.81 bits per heavy atom. The van der Waals surface area contributed by atoms with E-state index in [2.05, 4.69) is 10.2 Å². The molecule has 21 heavy (non-hydrogen) atoms. The highest BCUT2D eigenvalue weighted by atomic mass is 32.2. The van der Waals surface area contributed by atoms with Gasteiger partial charge in [-0.2, -0.15) is 10.4 Å². The third-order valence-corrected chi connectivity index (χ3v) is 3.64. The Morgan fingerprint density at radius 1 is 1.38 bits per heavy atom. The number of aryl methyl sites for hydroxylation is 2. The van der Waals surface area contributed by atoms with Crippen LogP contribution in [0.25, 0.3) is 0 Å². The molecule has 1 N–H and O–H groups in total. The number of H-pyrrole nitrogens is 1. The lowest BCUT2D eigenvalue weighted by molar-refractivity contribution is 0.102. The Balaban J connectivity index is 1.98. The van der Waals surface area contributed by atoms with Gasteiger partial charge in [0.05, 0.1) is 24.6 Å². The number of benzene rings is 1. The minimum atomic E-state index is -0.0694.